The standard InChI is InChI=1S/C11H9ClN4/c1-7-2-3-9-8(4-7)11-15-13-6-16(11)10(5-12)14-9/h2-4,6H,5H2,1H3. The van der Waals surface area contributed by atoms with Crippen LogP contribution >= 0.6 is 11.6 Å². The highest BCUT2D eigenvalue weighted by atomic mass is 35.5. The molecule has 0 N–H and O–H groups in total. The zero-order valence-corrected chi connectivity index (χ0v) is 9.44. The summed E-state index contributed by atoms with van der Waals surface area (Å²) in [6.45, 7) is 2.04. The number of hydrogen-bond donors (Lipinski definition) is 0. The van der Waals surface area contributed by atoms with Gasteiger partial charge in [-0.05, 0) is 19.1 Å². The third-order valence-electron chi connectivity index (χ3n) is 2.59. The Hall–Kier alpha value is -1.68. The van der Waals surface area contributed by atoms with E-state index in [0.717, 1.165) is 22.4 Å². The summed E-state index contributed by atoms with van der Waals surface area (Å²) in [5.41, 5.74) is 2.89. The molecule has 2 aromatic heterocycles. The van der Waals surface area contributed by atoms with Gasteiger partial charge in [-0.1, -0.05) is 11.6 Å². The van der Waals surface area contributed by atoms with Crippen molar-refractivity contribution in [1.29, 1.82) is 0 Å². The number of halogens is 1. The van der Waals surface area contributed by atoms with Crippen molar-refractivity contribution in [3.63, 3.8) is 0 Å². The molecule has 1 aromatic carbocycles. The minimum atomic E-state index is 0.346. The lowest BCUT2D eigenvalue weighted by Gasteiger charge is -2.04. The number of rotatable bonds is 1. The summed E-state index contributed by atoms with van der Waals surface area (Å²) in [6.07, 6.45) is 1.64. The molecule has 0 saturated carbocycles. The summed E-state index contributed by atoms with van der Waals surface area (Å²) in [7, 11) is 0. The molecule has 2 heterocycles. The SMILES string of the molecule is Cc1ccc2nc(CCl)n3cnnc3c2c1. The molecule has 0 saturated heterocycles. The number of hydrogen-bond acceptors (Lipinski definition) is 3. The Bertz CT molecular complexity index is 674. The van der Waals surface area contributed by atoms with Gasteiger partial charge in [-0.2, -0.15) is 0 Å². The first-order chi connectivity index (χ1) is 7.79. The molecule has 0 spiro atoms. The first-order valence-electron chi connectivity index (χ1n) is 4.94. The van der Waals surface area contributed by atoms with Crippen molar-refractivity contribution in [2.24, 2.45) is 0 Å². The highest BCUT2D eigenvalue weighted by Gasteiger charge is 2.08. The fraction of sp³-hybridized carbons (Fsp3) is 0.182. The number of alkyl halides is 1. The number of benzene rings is 1. The van der Waals surface area contributed by atoms with Crippen LogP contribution in [0.3, 0.4) is 0 Å². The quantitative estimate of drug-likeness (QED) is 0.605. The van der Waals surface area contributed by atoms with E-state index in [-0.39, 0.29) is 0 Å². The van der Waals surface area contributed by atoms with Gasteiger partial charge in [0.25, 0.3) is 0 Å². The molecule has 0 radical (unpaired) electrons. The topological polar surface area (TPSA) is 43.1 Å². The molecule has 4 nitrogen and oxygen atoms in total. The number of aryl methyl sites for hydroxylation is 1. The molecule has 3 aromatic rings. The number of aromatic nitrogens is 4. The van der Waals surface area contributed by atoms with Crippen LogP contribution in [0.25, 0.3) is 16.6 Å². The predicted molar refractivity (Wildman–Crippen MR) is 62.6 cm³/mol. The molecule has 0 fully saturated rings. The van der Waals surface area contributed by atoms with Gasteiger partial charge in [0, 0.05) is 5.39 Å². The van der Waals surface area contributed by atoms with Crippen LogP contribution in [0.15, 0.2) is 24.5 Å². The first-order valence-corrected chi connectivity index (χ1v) is 5.48. The van der Waals surface area contributed by atoms with Crippen molar-refractivity contribution in [3.8, 4) is 0 Å². The van der Waals surface area contributed by atoms with Crippen LogP contribution in [-0.4, -0.2) is 19.6 Å². The van der Waals surface area contributed by atoms with E-state index in [2.05, 4.69) is 21.2 Å². The van der Waals surface area contributed by atoms with Crippen LogP contribution in [-0.2, 0) is 5.88 Å². The van der Waals surface area contributed by atoms with E-state index in [9.17, 15) is 0 Å². The summed E-state index contributed by atoms with van der Waals surface area (Å²) in [4.78, 5) is 4.49. The largest absolute Gasteiger partial charge is 0.268 e. The van der Waals surface area contributed by atoms with Crippen molar-refractivity contribution in [3.05, 3.63) is 35.9 Å². The van der Waals surface area contributed by atoms with E-state index in [1.807, 2.05) is 23.5 Å². The molecular weight excluding hydrogens is 224 g/mol. The third kappa shape index (κ3) is 1.27. The minimum Gasteiger partial charge on any atom is -0.268 e. The lowest BCUT2D eigenvalue weighted by molar-refractivity contribution is 0.983. The number of fused-ring (bicyclic) bond motifs is 3. The third-order valence-corrected chi connectivity index (χ3v) is 2.83. The van der Waals surface area contributed by atoms with Crippen molar-refractivity contribution >= 4 is 28.2 Å². The monoisotopic (exact) mass is 232 g/mol. The van der Waals surface area contributed by atoms with Crippen LogP contribution in [0.1, 0.15) is 11.4 Å². The van der Waals surface area contributed by atoms with Gasteiger partial charge < -0.3 is 0 Å². The average molecular weight is 233 g/mol. The molecular formula is C11H9ClN4. The molecule has 0 aliphatic rings. The van der Waals surface area contributed by atoms with Crippen LogP contribution in [0, 0.1) is 6.92 Å². The van der Waals surface area contributed by atoms with Gasteiger partial charge in [-0.25, -0.2) is 4.98 Å². The molecule has 3 rings (SSSR count). The Morgan fingerprint density at radius 2 is 2.25 bits per heavy atom. The Kier molecular flexibility index (Phi) is 2.04. The van der Waals surface area contributed by atoms with Crippen LogP contribution in [0.2, 0.25) is 0 Å². The molecule has 80 valence electrons. The smallest absolute Gasteiger partial charge is 0.171 e. The van der Waals surface area contributed by atoms with Crippen molar-refractivity contribution in [2.45, 2.75) is 12.8 Å². The van der Waals surface area contributed by atoms with E-state index in [1.54, 1.807) is 6.33 Å². The van der Waals surface area contributed by atoms with Crippen LogP contribution in [0.4, 0.5) is 0 Å². The summed E-state index contributed by atoms with van der Waals surface area (Å²) >= 11 is 5.86. The average Bonchev–Trinajstić information content (AvgIpc) is 2.77. The van der Waals surface area contributed by atoms with Gasteiger partial charge in [0.1, 0.15) is 12.2 Å². The van der Waals surface area contributed by atoms with Gasteiger partial charge in [-0.15, -0.1) is 21.8 Å². The second kappa shape index (κ2) is 3.42. The lowest BCUT2D eigenvalue weighted by Crippen LogP contribution is -1.98. The summed E-state index contributed by atoms with van der Waals surface area (Å²) in [6, 6.07) is 6.07. The second-order valence-corrected chi connectivity index (χ2v) is 3.97. The molecule has 0 aliphatic carbocycles. The normalized spacial score (nSPS) is 11.4. The highest BCUT2D eigenvalue weighted by Crippen LogP contribution is 2.19. The maximum Gasteiger partial charge on any atom is 0.171 e. The molecule has 0 unspecified atom stereocenters. The minimum absolute atomic E-state index is 0.346. The second-order valence-electron chi connectivity index (χ2n) is 3.71. The maximum absolute atomic E-state index is 5.86. The van der Waals surface area contributed by atoms with Gasteiger partial charge in [0.15, 0.2) is 5.65 Å². The zero-order chi connectivity index (χ0) is 11.1. The van der Waals surface area contributed by atoms with E-state index in [1.165, 1.54) is 5.56 Å². The fourth-order valence-corrected chi connectivity index (χ4v) is 2.01. The molecule has 0 atom stereocenters. The molecule has 16 heavy (non-hydrogen) atoms. The Balaban J connectivity index is 2.54. The fourth-order valence-electron chi connectivity index (χ4n) is 1.82. The lowest BCUT2D eigenvalue weighted by atomic mass is 10.1. The summed E-state index contributed by atoms with van der Waals surface area (Å²) in [5, 5.41) is 9.02. The van der Waals surface area contributed by atoms with Crippen LogP contribution < -0.4 is 0 Å². The highest BCUT2D eigenvalue weighted by molar-refractivity contribution is 6.16. The van der Waals surface area contributed by atoms with Gasteiger partial charge in [-0.3, -0.25) is 4.40 Å². The van der Waals surface area contributed by atoms with Gasteiger partial charge in [0.05, 0.1) is 11.4 Å². The zero-order valence-electron chi connectivity index (χ0n) is 8.68. The van der Waals surface area contributed by atoms with E-state index in [4.69, 9.17) is 11.6 Å². The van der Waals surface area contributed by atoms with Gasteiger partial charge in [0.2, 0.25) is 0 Å². The molecule has 5 heteroatoms. The van der Waals surface area contributed by atoms with Crippen molar-refractivity contribution < 1.29 is 0 Å². The maximum atomic E-state index is 5.86. The van der Waals surface area contributed by atoms with Crippen LogP contribution in [0.5, 0.6) is 0 Å². The van der Waals surface area contributed by atoms with E-state index in [0.29, 0.717) is 5.88 Å². The number of nitrogens with zero attached hydrogens (tertiary/aromatic N) is 4. The predicted octanol–water partition coefficient (Wildman–Crippen LogP) is 2.32. The van der Waals surface area contributed by atoms with E-state index < -0.39 is 0 Å². The van der Waals surface area contributed by atoms with E-state index >= 15 is 0 Å². The summed E-state index contributed by atoms with van der Waals surface area (Å²) < 4.78 is 1.83. The first kappa shape index (κ1) is 9.54. The molecule has 0 amide bonds. The Morgan fingerprint density at radius 3 is 3.06 bits per heavy atom. The molecule has 0 bridgehead atoms. The molecule has 0 aliphatic heterocycles. The van der Waals surface area contributed by atoms with Gasteiger partial charge >= 0.3 is 0 Å². The Labute approximate surface area is 96.9 Å². The van der Waals surface area contributed by atoms with Crippen molar-refractivity contribution in [1.82, 2.24) is 19.6 Å². The van der Waals surface area contributed by atoms with Crippen molar-refractivity contribution in [2.75, 3.05) is 0 Å². The Morgan fingerprint density at radius 1 is 1.38 bits per heavy atom. The summed E-state index contributed by atoms with van der Waals surface area (Å²) in [5.74, 6) is 1.11.